The normalized spacial score (nSPS) is 22.1. The van der Waals surface area contributed by atoms with Crippen LogP contribution in [0.25, 0.3) is 0 Å². The van der Waals surface area contributed by atoms with E-state index in [1.54, 1.807) is 0 Å². The molecule has 1 aromatic heterocycles. The van der Waals surface area contributed by atoms with Crippen molar-refractivity contribution >= 4 is 5.82 Å². The topological polar surface area (TPSA) is 44.3 Å². The van der Waals surface area contributed by atoms with Crippen molar-refractivity contribution in [3.8, 4) is 0 Å². The molecule has 2 heterocycles. The molecular formula is C13H23N5. The van der Waals surface area contributed by atoms with Crippen LogP contribution in [0.15, 0.2) is 12.4 Å². The van der Waals surface area contributed by atoms with E-state index in [1.807, 2.05) is 12.4 Å². The predicted octanol–water partition coefficient (Wildman–Crippen LogP) is 1.04. The van der Waals surface area contributed by atoms with Crippen molar-refractivity contribution in [3.63, 3.8) is 0 Å². The number of likely N-dealkylation sites (N-methyl/N-ethyl adjacent to an activating group) is 1. The molecule has 0 bridgehead atoms. The highest BCUT2D eigenvalue weighted by Crippen LogP contribution is 2.10. The third kappa shape index (κ3) is 3.40. The third-order valence-corrected chi connectivity index (χ3v) is 3.49. The summed E-state index contributed by atoms with van der Waals surface area (Å²) in [6, 6.07) is 0.618. The van der Waals surface area contributed by atoms with Crippen LogP contribution in [0.1, 0.15) is 19.5 Å². The molecule has 1 unspecified atom stereocenters. The average molecular weight is 249 g/mol. The van der Waals surface area contributed by atoms with Gasteiger partial charge in [-0.2, -0.15) is 0 Å². The summed E-state index contributed by atoms with van der Waals surface area (Å²) >= 11 is 0. The van der Waals surface area contributed by atoms with Gasteiger partial charge < -0.3 is 10.2 Å². The molecule has 0 spiro atoms. The summed E-state index contributed by atoms with van der Waals surface area (Å²) in [5, 5.41) is 3.16. The number of hydrogen-bond donors (Lipinski definition) is 1. The Kier molecular flexibility index (Phi) is 4.49. The van der Waals surface area contributed by atoms with Crippen molar-refractivity contribution in [1.29, 1.82) is 0 Å². The number of piperazine rings is 1. The fraction of sp³-hybridized carbons (Fsp3) is 0.692. The Morgan fingerprint density at radius 2 is 2.17 bits per heavy atom. The first-order valence-corrected chi connectivity index (χ1v) is 6.66. The first-order chi connectivity index (χ1) is 8.69. The molecule has 1 atom stereocenters. The van der Waals surface area contributed by atoms with E-state index in [1.165, 1.54) is 0 Å². The van der Waals surface area contributed by atoms with Gasteiger partial charge in [-0.25, -0.2) is 4.98 Å². The minimum absolute atomic E-state index is 0.618. The van der Waals surface area contributed by atoms with E-state index < -0.39 is 0 Å². The molecule has 100 valence electrons. The lowest BCUT2D eigenvalue weighted by Gasteiger charge is -2.37. The van der Waals surface area contributed by atoms with Gasteiger partial charge in [0, 0.05) is 38.8 Å². The Balaban J connectivity index is 1.89. The van der Waals surface area contributed by atoms with Crippen molar-refractivity contribution in [3.05, 3.63) is 18.1 Å². The molecule has 1 fully saturated rings. The summed E-state index contributed by atoms with van der Waals surface area (Å²) in [7, 11) is 2.19. The maximum absolute atomic E-state index is 4.46. The zero-order valence-electron chi connectivity index (χ0n) is 11.6. The summed E-state index contributed by atoms with van der Waals surface area (Å²) in [6.07, 6.45) is 3.69. The zero-order chi connectivity index (χ0) is 13.0. The standard InChI is InChI=1S/C13H23N5/c1-4-14-13-8-15-12(7-16-13)10-18-6-5-17(3)11(2)9-18/h7-8,11H,4-6,9-10H2,1-3H3,(H,14,16). The van der Waals surface area contributed by atoms with E-state index in [4.69, 9.17) is 0 Å². The molecule has 1 aliphatic heterocycles. The summed E-state index contributed by atoms with van der Waals surface area (Å²) in [6.45, 7) is 9.45. The highest BCUT2D eigenvalue weighted by atomic mass is 15.3. The molecule has 1 aliphatic rings. The lowest BCUT2D eigenvalue weighted by Crippen LogP contribution is -2.49. The van der Waals surface area contributed by atoms with Gasteiger partial charge >= 0.3 is 0 Å². The Labute approximate surface area is 109 Å². The van der Waals surface area contributed by atoms with Crippen molar-refractivity contribution in [1.82, 2.24) is 19.8 Å². The number of hydrogen-bond acceptors (Lipinski definition) is 5. The summed E-state index contributed by atoms with van der Waals surface area (Å²) in [5.41, 5.74) is 1.05. The van der Waals surface area contributed by atoms with Crippen LogP contribution in [-0.2, 0) is 6.54 Å². The van der Waals surface area contributed by atoms with Crippen LogP contribution in [-0.4, -0.2) is 59.0 Å². The van der Waals surface area contributed by atoms with E-state index in [0.29, 0.717) is 6.04 Å². The number of anilines is 1. The molecule has 1 N–H and O–H groups in total. The van der Waals surface area contributed by atoms with Gasteiger partial charge in [0.2, 0.25) is 0 Å². The van der Waals surface area contributed by atoms with Crippen LogP contribution in [0.2, 0.25) is 0 Å². The molecule has 18 heavy (non-hydrogen) atoms. The molecule has 0 radical (unpaired) electrons. The van der Waals surface area contributed by atoms with Gasteiger partial charge in [0.05, 0.1) is 18.1 Å². The molecule has 1 saturated heterocycles. The molecule has 5 heteroatoms. The van der Waals surface area contributed by atoms with Gasteiger partial charge in [-0.1, -0.05) is 0 Å². The lowest BCUT2D eigenvalue weighted by molar-refractivity contribution is 0.0990. The van der Waals surface area contributed by atoms with Crippen molar-refractivity contribution in [2.24, 2.45) is 0 Å². The quantitative estimate of drug-likeness (QED) is 0.864. The van der Waals surface area contributed by atoms with E-state index in [2.05, 4.69) is 46.0 Å². The Hall–Kier alpha value is -1.20. The first kappa shape index (κ1) is 13.2. The third-order valence-electron chi connectivity index (χ3n) is 3.49. The molecule has 0 saturated carbocycles. The van der Waals surface area contributed by atoms with Crippen LogP contribution in [0.4, 0.5) is 5.82 Å². The minimum atomic E-state index is 0.618. The SMILES string of the molecule is CCNc1cnc(CN2CCN(C)C(C)C2)cn1. The molecule has 0 aliphatic carbocycles. The van der Waals surface area contributed by atoms with Gasteiger partial charge in [0.15, 0.2) is 0 Å². The molecule has 1 aromatic rings. The molecule has 0 amide bonds. The minimum Gasteiger partial charge on any atom is -0.369 e. The van der Waals surface area contributed by atoms with Gasteiger partial charge in [-0.05, 0) is 20.9 Å². The van der Waals surface area contributed by atoms with Crippen molar-refractivity contribution in [2.75, 3.05) is 38.5 Å². The second-order valence-corrected chi connectivity index (χ2v) is 4.99. The van der Waals surface area contributed by atoms with Crippen LogP contribution in [0.3, 0.4) is 0 Å². The van der Waals surface area contributed by atoms with Gasteiger partial charge in [-0.15, -0.1) is 0 Å². The van der Waals surface area contributed by atoms with Crippen LogP contribution >= 0.6 is 0 Å². The summed E-state index contributed by atoms with van der Waals surface area (Å²) in [5.74, 6) is 0.855. The highest BCUT2D eigenvalue weighted by molar-refractivity contribution is 5.30. The fourth-order valence-corrected chi connectivity index (χ4v) is 2.21. The maximum atomic E-state index is 4.46. The zero-order valence-corrected chi connectivity index (χ0v) is 11.6. The summed E-state index contributed by atoms with van der Waals surface area (Å²) < 4.78 is 0. The molecule has 0 aromatic carbocycles. The van der Waals surface area contributed by atoms with E-state index in [9.17, 15) is 0 Å². The van der Waals surface area contributed by atoms with Crippen molar-refractivity contribution in [2.45, 2.75) is 26.4 Å². The van der Waals surface area contributed by atoms with Gasteiger partial charge in [0.1, 0.15) is 5.82 Å². The second-order valence-electron chi connectivity index (χ2n) is 4.99. The Morgan fingerprint density at radius 3 is 2.78 bits per heavy atom. The molecule has 5 nitrogen and oxygen atoms in total. The number of nitrogens with one attached hydrogen (secondary N) is 1. The Morgan fingerprint density at radius 1 is 1.33 bits per heavy atom. The van der Waals surface area contributed by atoms with Gasteiger partial charge in [0.25, 0.3) is 0 Å². The molecule has 2 rings (SSSR count). The smallest absolute Gasteiger partial charge is 0.144 e. The average Bonchev–Trinajstić information content (AvgIpc) is 2.37. The predicted molar refractivity (Wildman–Crippen MR) is 73.6 cm³/mol. The Bertz CT molecular complexity index is 364. The fourth-order valence-electron chi connectivity index (χ4n) is 2.21. The second kappa shape index (κ2) is 6.11. The molecular weight excluding hydrogens is 226 g/mol. The number of nitrogens with zero attached hydrogens (tertiary/aromatic N) is 4. The van der Waals surface area contributed by atoms with E-state index in [-0.39, 0.29) is 0 Å². The number of aromatic nitrogens is 2. The summed E-state index contributed by atoms with van der Waals surface area (Å²) in [4.78, 5) is 13.7. The first-order valence-electron chi connectivity index (χ1n) is 6.66. The number of rotatable bonds is 4. The monoisotopic (exact) mass is 249 g/mol. The van der Waals surface area contributed by atoms with Crippen LogP contribution < -0.4 is 5.32 Å². The van der Waals surface area contributed by atoms with Crippen molar-refractivity contribution < 1.29 is 0 Å². The highest BCUT2D eigenvalue weighted by Gasteiger charge is 2.20. The van der Waals surface area contributed by atoms with Gasteiger partial charge in [-0.3, -0.25) is 9.88 Å². The maximum Gasteiger partial charge on any atom is 0.144 e. The lowest BCUT2D eigenvalue weighted by atomic mass is 10.2. The van der Waals surface area contributed by atoms with E-state index >= 15 is 0 Å². The van der Waals surface area contributed by atoms with E-state index in [0.717, 1.165) is 44.2 Å². The largest absolute Gasteiger partial charge is 0.369 e. The van der Waals surface area contributed by atoms with Crippen LogP contribution in [0.5, 0.6) is 0 Å². The van der Waals surface area contributed by atoms with Crippen LogP contribution in [0, 0.1) is 0 Å².